The minimum atomic E-state index is -0.762. The van der Waals surface area contributed by atoms with Crippen LogP contribution in [0.2, 0.25) is 0 Å². The van der Waals surface area contributed by atoms with Crippen LogP contribution in [0.15, 0.2) is 0 Å². The van der Waals surface area contributed by atoms with Gasteiger partial charge in [0.1, 0.15) is 0 Å². The van der Waals surface area contributed by atoms with Crippen LogP contribution < -0.4 is 5.32 Å². The van der Waals surface area contributed by atoms with Crippen molar-refractivity contribution in [3.8, 4) is 0 Å². The molecular weight excluding hydrogens is 256 g/mol. The van der Waals surface area contributed by atoms with Gasteiger partial charge in [0.05, 0.1) is 6.42 Å². The van der Waals surface area contributed by atoms with Gasteiger partial charge in [0.25, 0.3) is 0 Å². The number of carbonyl (C=O) groups is 2. The Morgan fingerprint density at radius 2 is 2.05 bits per heavy atom. The maximum Gasteiger partial charge on any atom is 0.317 e. The molecule has 2 rings (SSSR count). The maximum atomic E-state index is 12.2. The number of carboxylic acid groups (broad SMARTS) is 1. The largest absolute Gasteiger partial charge is 0.481 e. The Bertz CT molecular complexity index is 362. The number of nitrogens with zero attached hydrogens (tertiary/aromatic N) is 1. The first-order valence-electron chi connectivity index (χ1n) is 7.79. The summed E-state index contributed by atoms with van der Waals surface area (Å²) in [4.78, 5) is 25.0. The molecule has 0 saturated heterocycles. The van der Waals surface area contributed by atoms with Gasteiger partial charge in [0, 0.05) is 19.6 Å². The third-order valence-corrected chi connectivity index (χ3v) is 4.51. The molecule has 0 unspecified atom stereocenters. The van der Waals surface area contributed by atoms with Gasteiger partial charge in [-0.1, -0.05) is 13.3 Å². The van der Waals surface area contributed by atoms with Crippen LogP contribution >= 0.6 is 0 Å². The first-order valence-corrected chi connectivity index (χ1v) is 7.79. The Morgan fingerprint density at radius 1 is 1.35 bits per heavy atom. The van der Waals surface area contributed by atoms with Crippen molar-refractivity contribution in [1.29, 1.82) is 0 Å². The molecule has 2 aliphatic rings. The molecule has 0 radical (unpaired) electrons. The van der Waals surface area contributed by atoms with Gasteiger partial charge in [-0.15, -0.1) is 0 Å². The third kappa shape index (κ3) is 4.12. The van der Waals surface area contributed by atoms with E-state index in [-0.39, 0.29) is 17.9 Å². The van der Waals surface area contributed by atoms with E-state index in [0.29, 0.717) is 12.5 Å². The van der Waals surface area contributed by atoms with Gasteiger partial charge in [0.15, 0.2) is 0 Å². The summed E-state index contributed by atoms with van der Waals surface area (Å²) in [6.07, 6.45) is 6.49. The fourth-order valence-electron chi connectivity index (χ4n) is 2.95. The molecule has 0 aromatic carbocycles. The van der Waals surface area contributed by atoms with Gasteiger partial charge in [-0.05, 0) is 43.4 Å². The summed E-state index contributed by atoms with van der Waals surface area (Å²) in [5.41, 5.74) is -0.195. The average Bonchev–Trinajstić information content (AvgIpc) is 3.15. The van der Waals surface area contributed by atoms with Gasteiger partial charge in [0.2, 0.25) is 0 Å². The molecule has 2 aliphatic carbocycles. The number of urea groups is 1. The highest BCUT2D eigenvalue weighted by molar-refractivity contribution is 5.74. The molecule has 5 heteroatoms. The first kappa shape index (κ1) is 15.1. The minimum Gasteiger partial charge on any atom is -0.481 e. The number of aliphatic carboxylic acids is 1. The Balaban J connectivity index is 1.80. The number of carboxylic acids is 1. The molecule has 0 heterocycles. The fourth-order valence-corrected chi connectivity index (χ4v) is 2.95. The smallest absolute Gasteiger partial charge is 0.317 e. The van der Waals surface area contributed by atoms with Crippen LogP contribution in [0, 0.1) is 11.3 Å². The second-order valence-electron chi connectivity index (χ2n) is 6.47. The van der Waals surface area contributed by atoms with Crippen LogP contribution in [0.4, 0.5) is 4.79 Å². The summed E-state index contributed by atoms with van der Waals surface area (Å²) in [5.74, 6) is -0.0775. The number of nitrogens with one attached hydrogen (secondary N) is 1. The lowest BCUT2D eigenvalue weighted by Gasteiger charge is -2.41. The van der Waals surface area contributed by atoms with E-state index in [0.717, 1.165) is 38.8 Å². The zero-order chi connectivity index (χ0) is 14.6. The quantitative estimate of drug-likeness (QED) is 0.718. The van der Waals surface area contributed by atoms with E-state index in [9.17, 15) is 9.59 Å². The van der Waals surface area contributed by atoms with Crippen LogP contribution in [0.5, 0.6) is 0 Å². The van der Waals surface area contributed by atoms with Crippen molar-refractivity contribution in [2.75, 3.05) is 19.6 Å². The number of rotatable bonds is 8. The predicted octanol–water partition coefficient (Wildman–Crippen LogP) is 2.46. The molecule has 20 heavy (non-hydrogen) atoms. The summed E-state index contributed by atoms with van der Waals surface area (Å²) >= 11 is 0. The van der Waals surface area contributed by atoms with Gasteiger partial charge in [-0.3, -0.25) is 4.79 Å². The van der Waals surface area contributed by atoms with Crippen molar-refractivity contribution in [3.05, 3.63) is 0 Å². The Kier molecular flexibility index (Phi) is 4.89. The molecule has 114 valence electrons. The summed E-state index contributed by atoms with van der Waals surface area (Å²) in [6, 6.07) is -0.0181. The summed E-state index contributed by atoms with van der Waals surface area (Å²) in [5, 5.41) is 11.9. The van der Waals surface area contributed by atoms with E-state index in [2.05, 4.69) is 12.2 Å². The molecule has 2 saturated carbocycles. The predicted molar refractivity (Wildman–Crippen MR) is 76.5 cm³/mol. The lowest BCUT2D eigenvalue weighted by molar-refractivity contribution is -0.141. The highest BCUT2D eigenvalue weighted by Gasteiger charge is 2.39. The lowest BCUT2D eigenvalue weighted by atomic mass is 9.66. The van der Waals surface area contributed by atoms with Gasteiger partial charge < -0.3 is 15.3 Å². The molecule has 0 aromatic heterocycles. The molecule has 0 aromatic rings. The van der Waals surface area contributed by atoms with Crippen LogP contribution in [0.1, 0.15) is 51.9 Å². The normalized spacial score (nSPS) is 20.1. The lowest BCUT2D eigenvalue weighted by Crippen LogP contribution is -2.48. The van der Waals surface area contributed by atoms with Crippen molar-refractivity contribution < 1.29 is 14.7 Å². The zero-order valence-corrected chi connectivity index (χ0v) is 12.4. The number of carbonyl (C=O) groups excluding carboxylic acids is 1. The van der Waals surface area contributed by atoms with E-state index in [4.69, 9.17) is 5.11 Å². The summed E-state index contributed by atoms with van der Waals surface area (Å²) < 4.78 is 0. The van der Waals surface area contributed by atoms with Gasteiger partial charge in [-0.2, -0.15) is 0 Å². The highest BCUT2D eigenvalue weighted by atomic mass is 16.4. The zero-order valence-electron chi connectivity index (χ0n) is 12.4. The molecule has 2 amide bonds. The molecule has 0 spiro atoms. The van der Waals surface area contributed by atoms with Gasteiger partial charge >= 0.3 is 12.0 Å². The van der Waals surface area contributed by atoms with Gasteiger partial charge in [-0.25, -0.2) is 4.79 Å². The number of hydrogen-bond acceptors (Lipinski definition) is 2. The minimum absolute atomic E-state index is 0.0181. The molecule has 0 atom stereocenters. The van der Waals surface area contributed by atoms with Crippen LogP contribution in [0.3, 0.4) is 0 Å². The van der Waals surface area contributed by atoms with Crippen molar-refractivity contribution in [3.63, 3.8) is 0 Å². The van der Waals surface area contributed by atoms with Crippen molar-refractivity contribution in [1.82, 2.24) is 10.2 Å². The molecule has 2 N–H and O–H groups in total. The monoisotopic (exact) mass is 282 g/mol. The molecular formula is C15H26N2O3. The Labute approximate surface area is 120 Å². The fraction of sp³-hybridized carbons (Fsp3) is 0.867. The summed E-state index contributed by atoms with van der Waals surface area (Å²) in [6.45, 7) is 4.22. The van der Waals surface area contributed by atoms with Crippen molar-refractivity contribution in [2.24, 2.45) is 11.3 Å². The highest BCUT2D eigenvalue weighted by Crippen LogP contribution is 2.43. The summed E-state index contributed by atoms with van der Waals surface area (Å²) in [7, 11) is 0. The second kappa shape index (κ2) is 6.46. The van der Waals surface area contributed by atoms with Crippen LogP contribution in [-0.4, -0.2) is 41.6 Å². The van der Waals surface area contributed by atoms with E-state index >= 15 is 0 Å². The van der Waals surface area contributed by atoms with Crippen LogP contribution in [0.25, 0.3) is 0 Å². The third-order valence-electron chi connectivity index (χ3n) is 4.51. The average molecular weight is 282 g/mol. The molecule has 0 bridgehead atoms. The molecule has 2 fully saturated rings. The van der Waals surface area contributed by atoms with Crippen molar-refractivity contribution >= 4 is 12.0 Å². The Hall–Kier alpha value is -1.26. The maximum absolute atomic E-state index is 12.2. The SMILES string of the molecule is CCCN(CC1CC1)C(=O)NCC1(CC(=O)O)CCC1. The first-order chi connectivity index (χ1) is 9.54. The second-order valence-corrected chi connectivity index (χ2v) is 6.47. The standard InChI is InChI=1S/C15H26N2O3/c1-2-8-17(10-12-4-5-12)14(20)16-11-15(6-3-7-15)9-13(18)19/h12H,2-11H2,1H3,(H,16,20)(H,18,19). The van der Waals surface area contributed by atoms with E-state index in [1.165, 1.54) is 12.8 Å². The van der Waals surface area contributed by atoms with E-state index in [1.807, 2.05) is 4.90 Å². The van der Waals surface area contributed by atoms with Crippen LogP contribution in [-0.2, 0) is 4.79 Å². The number of amides is 2. The topological polar surface area (TPSA) is 69.6 Å². The van der Waals surface area contributed by atoms with Crippen molar-refractivity contribution in [2.45, 2.75) is 51.9 Å². The molecule has 5 nitrogen and oxygen atoms in total. The number of hydrogen-bond donors (Lipinski definition) is 2. The molecule has 0 aliphatic heterocycles. The van der Waals surface area contributed by atoms with E-state index < -0.39 is 5.97 Å². The van der Waals surface area contributed by atoms with E-state index in [1.54, 1.807) is 0 Å². The Morgan fingerprint density at radius 3 is 2.50 bits per heavy atom.